The molecule has 0 bridgehead atoms. The molecule has 0 unspecified atom stereocenters. The van der Waals surface area contributed by atoms with Crippen LogP contribution in [0.1, 0.15) is 15.9 Å². The highest BCUT2D eigenvalue weighted by Crippen LogP contribution is 2.18. The number of amides is 1. The van der Waals surface area contributed by atoms with E-state index in [2.05, 4.69) is 15.6 Å². The molecule has 1 aromatic heterocycles. The van der Waals surface area contributed by atoms with Crippen molar-refractivity contribution in [1.29, 1.82) is 0 Å². The molecule has 1 amide bonds. The third kappa shape index (κ3) is 3.43. The standard InChI is InChI=1S/C20H15ClN4O/c21-16-7-4-8-17(12-16)22-20(26)15-9-10-19-18(11-15)23-24-25(19)13-14-5-2-1-3-6-14/h1-12H,13H2,(H,22,26). The molecule has 5 nitrogen and oxygen atoms in total. The molecule has 4 aromatic rings. The van der Waals surface area contributed by atoms with Gasteiger partial charge in [-0.2, -0.15) is 0 Å². The van der Waals surface area contributed by atoms with E-state index in [1.165, 1.54) is 0 Å². The van der Waals surface area contributed by atoms with Crippen molar-refractivity contribution < 1.29 is 4.79 Å². The van der Waals surface area contributed by atoms with Crippen LogP contribution in [0.25, 0.3) is 11.0 Å². The van der Waals surface area contributed by atoms with E-state index in [1.54, 1.807) is 36.4 Å². The molecule has 0 aliphatic carbocycles. The normalized spacial score (nSPS) is 10.8. The predicted molar refractivity (Wildman–Crippen MR) is 102 cm³/mol. The number of rotatable bonds is 4. The Labute approximate surface area is 155 Å². The minimum Gasteiger partial charge on any atom is -0.322 e. The lowest BCUT2D eigenvalue weighted by Gasteiger charge is -2.06. The first-order valence-corrected chi connectivity index (χ1v) is 8.51. The van der Waals surface area contributed by atoms with Gasteiger partial charge in [-0.25, -0.2) is 4.68 Å². The summed E-state index contributed by atoms with van der Waals surface area (Å²) >= 11 is 5.95. The Balaban J connectivity index is 1.57. The van der Waals surface area contributed by atoms with Crippen LogP contribution in [-0.4, -0.2) is 20.9 Å². The number of nitrogens with zero attached hydrogens (tertiary/aromatic N) is 3. The van der Waals surface area contributed by atoms with Crippen molar-refractivity contribution in [1.82, 2.24) is 15.0 Å². The molecule has 4 rings (SSSR count). The summed E-state index contributed by atoms with van der Waals surface area (Å²) < 4.78 is 1.82. The number of carbonyl (C=O) groups excluding carboxylic acids is 1. The Morgan fingerprint density at radius 2 is 1.85 bits per heavy atom. The molecular formula is C20H15ClN4O. The fraction of sp³-hybridized carbons (Fsp3) is 0.0500. The largest absolute Gasteiger partial charge is 0.322 e. The summed E-state index contributed by atoms with van der Waals surface area (Å²) in [5.41, 5.74) is 3.87. The molecule has 0 saturated carbocycles. The van der Waals surface area contributed by atoms with Crippen molar-refractivity contribution in [2.75, 3.05) is 5.32 Å². The Hall–Kier alpha value is -3.18. The molecule has 6 heteroatoms. The van der Waals surface area contributed by atoms with Crippen LogP contribution in [0, 0.1) is 0 Å². The highest BCUT2D eigenvalue weighted by atomic mass is 35.5. The van der Waals surface area contributed by atoms with Crippen molar-refractivity contribution in [3.63, 3.8) is 0 Å². The van der Waals surface area contributed by atoms with Gasteiger partial charge in [0.05, 0.1) is 12.1 Å². The molecule has 0 spiro atoms. The Kier molecular flexibility index (Phi) is 4.37. The molecule has 1 heterocycles. The number of carbonyl (C=O) groups is 1. The summed E-state index contributed by atoms with van der Waals surface area (Å²) in [5, 5.41) is 11.8. The third-order valence-corrected chi connectivity index (χ3v) is 4.27. The number of aromatic nitrogens is 3. The maximum Gasteiger partial charge on any atom is 0.255 e. The highest BCUT2D eigenvalue weighted by molar-refractivity contribution is 6.31. The van der Waals surface area contributed by atoms with Crippen LogP contribution < -0.4 is 5.32 Å². The van der Waals surface area contributed by atoms with Crippen LogP contribution in [0.4, 0.5) is 5.69 Å². The smallest absolute Gasteiger partial charge is 0.255 e. The van der Waals surface area contributed by atoms with Gasteiger partial charge in [-0.3, -0.25) is 4.79 Å². The molecule has 0 aliphatic heterocycles. The van der Waals surface area contributed by atoms with Gasteiger partial charge in [0.15, 0.2) is 0 Å². The molecule has 0 atom stereocenters. The lowest BCUT2D eigenvalue weighted by atomic mass is 10.1. The van der Waals surface area contributed by atoms with E-state index < -0.39 is 0 Å². The Morgan fingerprint density at radius 3 is 2.65 bits per heavy atom. The van der Waals surface area contributed by atoms with Crippen LogP contribution in [0.15, 0.2) is 72.8 Å². The second-order valence-corrected chi connectivity index (χ2v) is 6.34. The van der Waals surface area contributed by atoms with E-state index in [0.717, 1.165) is 11.1 Å². The third-order valence-electron chi connectivity index (χ3n) is 4.03. The second kappa shape index (κ2) is 6.98. The molecule has 3 aromatic carbocycles. The zero-order valence-electron chi connectivity index (χ0n) is 13.8. The average Bonchev–Trinajstić information content (AvgIpc) is 3.05. The minimum absolute atomic E-state index is 0.216. The fourth-order valence-electron chi connectivity index (χ4n) is 2.76. The summed E-state index contributed by atoms with van der Waals surface area (Å²) in [6.07, 6.45) is 0. The number of hydrogen-bond acceptors (Lipinski definition) is 3. The van der Waals surface area contributed by atoms with E-state index in [4.69, 9.17) is 11.6 Å². The fourth-order valence-corrected chi connectivity index (χ4v) is 2.95. The SMILES string of the molecule is O=C(Nc1cccc(Cl)c1)c1ccc2c(c1)nnn2Cc1ccccc1. The summed E-state index contributed by atoms with van der Waals surface area (Å²) in [4.78, 5) is 12.5. The van der Waals surface area contributed by atoms with Gasteiger partial charge in [-0.1, -0.05) is 53.2 Å². The Morgan fingerprint density at radius 1 is 1.00 bits per heavy atom. The van der Waals surface area contributed by atoms with Gasteiger partial charge in [0, 0.05) is 16.3 Å². The number of hydrogen-bond donors (Lipinski definition) is 1. The molecule has 1 N–H and O–H groups in total. The lowest BCUT2D eigenvalue weighted by molar-refractivity contribution is 0.102. The van der Waals surface area contributed by atoms with Crippen LogP contribution in [0.5, 0.6) is 0 Å². The van der Waals surface area contributed by atoms with Gasteiger partial charge in [0.1, 0.15) is 5.52 Å². The molecule has 26 heavy (non-hydrogen) atoms. The molecule has 0 fully saturated rings. The highest BCUT2D eigenvalue weighted by Gasteiger charge is 2.11. The van der Waals surface area contributed by atoms with E-state index in [9.17, 15) is 4.79 Å². The summed E-state index contributed by atoms with van der Waals surface area (Å²) in [5.74, 6) is -0.216. The van der Waals surface area contributed by atoms with Crippen LogP contribution >= 0.6 is 11.6 Å². The summed E-state index contributed by atoms with van der Waals surface area (Å²) in [6, 6.07) is 22.5. The first-order chi connectivity index (χ1) is 12.7. The summed E-state index contributed by atoms with van der Waals surface area (Å²) in [7, 11) is 0. The second-order valence-electron chi connectivity index (χ2n) is 5.90. The van der Waals surface area contributed by atoms with Gasteiger partial charge in [-0.15, -0.1) is 5.10 Å². The van der Waals surface area contributed by atoms with E-state index in [1.807, 2.05) is 41.1 Å². The van der Waals surface area contributed by atoms with E-state index in [0.29, 0.717) is 28.3 Å². The molecular weight excluding hydrogens is 348 g/mol. The minimum atomic E-state index is -0.216. The van der Waals surface area contributed by atoms with E-state index >= 15 is 0 Å². The van der Waals surface area contributed by atoms with E-state index in [-0.39, 0.29) is 5.91 Å². The predicted octanol–water partition coefficient (Wildman–Crippen LogP) is 4.39. The van der Waals surface area contributed by atoms with Gasteiger partial charge < -0.3 is 5.32 Å². The number of benzene rings is 3. The Bertz CT molecular complexity index is 1080. The van der Waals surface area contributed by atoms with Crippen LogP contribution in [0.3, 0.4) is 0 Å². The molecule has 0 saturated heterocycles. The molecule has 128 valence electrons. The monoisotopic (exact) mass is 362 g/mol. The zero-order chi connectivity index (χ0) is 17.9. The first-order valence-electron chi connectivity index (χ1n) is 8.13. The number of fused-ring (bicyclic) bond motifs is 1. The quantitative estimate of drug-likeness (QED) is 0.586. The van der Waals surface area contributed by atoms with Crippen molar-refractivity contribution >= 4 is 34.2 Å². The zero-order valence-corrected chi connectivity index (χ0v) is 14.5. The topological polar surface area (TPSA) is 59.8 Å². The van der Waals surface area contributed by atoms with Crippen molar-refractivity contribution in [2.24, 2.45) is 0 Å². The number of nitrogens with one attached hydrogen (secondary N) is 1. The van der Waals surface area contributed by atoms with Crippen molar-refractivity contribution in [3.05, 3.63) is 88.9 Å². The van der Waals surface area contributed by atoms with Crippen molar-refractivity contribution in [2.45, 2.75) is 6.54 Å². The number of halogens is 1. The van der Waals surface area contributed by atoms with Gasteiger partial charge in [-0.05, 0) is 42.0 Å². The van der Waals surface area contributed by atoms with Crippen LogP contribution in [-0.2, 0) is 6.54 Å². The molecule has 0 radical (unpaired) electrons. The lowest BCUT2D eigenvalue weighted by Crippen LogP contribution is -2.11. The maximum absolute atomic E-state index is 12.5. The first kappa shape index (κ1) is 16.3. The van der Waals surface area contributed by atoms with Crippen molar-refractivity contribution in [3.8, 4) is 0 Å². The van der Waals surface area contributed by atoms with Gasteiger partial charge in [0.25, 0.3) is 5.91 Å². The van der Waals surface area contributed by atoms with Gasteiger partial charge >= 0.3 is 0 Å². The number of anilines is 1. The molecule has 0 aliphatic rings. The van der Waals surface area contributed by atoms with Crippen LogP contribution in [0.2, 0.25) is 5.02 Å². The maximum atomic E-state index is 12.5. The van der Waals surface area contributed by atoms with Gasteiger partial charge in [0.2, 0.25) is 0 Å². The summed E-state index contributed by atoms with van der Waals surface area (Å²) in [6.45, 7) is 0.630. The average molecular weight is 363 g/mol.